The first kappa shape index (κ1) is 7.81. The summed E-state index contributed by atoms with van der Waals surface area (Å²) in [4.78, 5) is 0. The van der Waals surface area contributed by atoms with Crippen LogP contribution in [0.4, 0.5) is 0 Å². The molecule has 0 spiro atoms. The summed E-state index contributed by atoms with van der Waals surface area (Å²) in [6, 6.07) is 8.50. The monoisotopic (exact) mass is 162 g/mol. The van der Waals surface area contributed by atoms with Gasteiger partial charge in [-0.25, -0.2) is 0 Å². The fourth-order valence-corrected chi connectivity index (χ4v) is 2.10. The number of aliphatic hydroxyl groups excluding tert-OH is 1. The average molecular weight is 162 g/mol. The van der Waals surface area contributed by atoms with E-state index in [-0.39, 0.29) is 0 Å². The molecular weight excluding hydrogens is 148 g/mol. The molecule has 2 rings (SSSR count). The van der Waals surface area contributed by atoms with Crippen molar-refractivity contribution in [2.75, 3.05) is 6.61 Å². The molecule has 0 saturated heterocycles. The first-order valence-corrected chi connectivity index (χ1v) is 4.51. The van der Waals surface area contributed by atoms with Crippen LogP contribution in [0.2, 0.25) is 0 Å². The van der Waals surface area contributed by atoms with Crippen LogP contribution in [0, 0.1) is 5.92 Å². The molecule has 1 aromatic rings. The summed E-state index contributed by atoms with van der Waals surface area (Å²) < 4.78 is 0. The lowest BCUT2D eigenvalue weighted by Gasteiger charge is -2.11. The van der Waals surface area contributed by atoms with Crippen molar-refractivity contribution in [1.29, 1.82) is 0 Å². The van der Waals surface area contributed by atoms with Crippen LogP contribution < -0.4 is 0 Å². The predicted octanol–water partition coefficient (Wildman–Crippen LogP) is 1.95. The van der Waals surface area contributed by atoms with Crippen molar-refractivity contribution in [3.63, 3.8) is 0 Å². The Hall–Kier alpha value is -0.820. The lowest BCUT2D eigenvalue weighted by atomic mass is 9.96. The molecule has 0 fully saturated rings. The van der Waals surface area contributed by atoms with Crippen LogP contribution in [0.3, 0.4) is 0 Å². The van der Waals surface area contributed by atoms with E-state index in [9.17, 15) is 0 Å². The van der Waals surface area contributed by atoms with Crippen LogP contribution >= 0.6 is 0 Å². The molecule has 1 aliphatic carbocycles. The SMILES string of the molecule is C[C@@H]1c2ccccc2C[C@H]1CO. The fraction of sp³-hybridized carbons (Fsp3) is 0.455. The van der Waals surface area contributed by atoms with Crippen molar-refractivity contribution in [3.05, 3.63) is 35.4 Å². The molecule has 64 valence electrons. The second kappa shape index (κ2) is 2.91. The van der Waals surface area contributed by atoms with Gasteiger partial charge in [-0.15, -0.1) is 0 Å². The minimum atomic E-state index is 0.315. The maximum Gasteiger partial charge on any atom is 0.0468 e. The normalized spacial score (nSPS) is 27.2. The van der Waals surface area contributed by atoms with Crippen molar-refractivity contribution in [2.24, 2.45) is 5.92 Å². The molecule has 0 unspecified atom stereocenters. The average Bonchev–Trinajstić information content (AvgIpc) is 2.44. The minimum Gasteiger partial charge on any atom is -0.396 e. The molecule has 12 heavy (non-hydrogen) atoms. The molecule has 0 aliphatic heterocycles. The van der Waals surface area contributed by atoms with Crippen molar-refractivity contribution >= 4 is 0 Å². The smallest absolute Gasteiger partial charge is 0.0468 e. The number of benzene rings is 1. The fourth-order valence-electron chi connectivity index (χ4n) is 2.10. The minimum absolute atomic E-state index is 0.315. The Morgan fingerprint density at radius 3 is 2.83 bits per heavy atom. The highest BCUT2D eigenvalue weighted by atomic mass is 16.3. The Kier molecular flexibility index (Phi) is 1.89. The van der Waals surface area contributed by atoms with Gasteiger partial charge in [-0.3, -0.25) is 0 Å². The second-order valence-electron chi connectivity index (χ2n) is 3.63. The Morgan fingerprint density at radius 1 is 1.42 bits per heavy atom. The molecule has 0 aromatic heterocycles. The van der Waals surface area contributed by atoms with Gasteiger partial charge in [-0.1, -0.05) is 31.2 Å². The highest BCUT2D eigenvalue weighted by molar-refractivity contribution is 5.35. The molecule has 1 nitrogen and oxygen atoms in total. The molecule has 1 aromatic carbocycles. The topological polar surface area (TPSA) is 20.2 Å². The summed E-state index contributed by atoms with van der Waals surface area (Å²) in [5, 5.41) is 9.11. The van der Waals surface area contributed by atoms with Gasteiger partial charge in [0.25, 0.3) is 0 Å². The highest BCUT2D eigenvalue weighted by Crippen LogP contribution is 2.36. The molecule has 0 bridgehead atoms. The summed E-state index contributed by atoms with van der Waals surface area (Å²) >= 11 is 0. The van der Waals surface area contributed by atoms with Crippen LogP contribution in [0.25, 0.3) is 0 Å². The summed E-state index contributed by atoms with van der Waals surface area (Å²) in [6.45, 7) is 2.52. The van der Waals surface area contributed by atoms with E-state index in [1.54, 1.807) is 0 Å². The molecule has 2 atom stereocenters. The van der Waals surface area contributed by atoms with Gasteiger partial charge in [0.05, 0.1) is 0 Å². The van der Waals surface area contributed by atoms with Crippen molar-refractivity contribution in [1.82, 2.24) is 0 Å². The Balaban J connectivity index is 2.35. The van der Waals surface area contributed by atoms with Gasteiger partial charge < -0.3 is 5.11 Å². The zero-order valence-corrected chi connectivity index (χ0v) is 7.33. The second-order valence-corrected chi connectivity index (χ2v) is 3.63. The summed E-state index contributed by atoms with van der Waals surface area (Å²) in [6.07, 6.45) is 1.05. The van der Waals surface area contributed by atoms with E-state index in [2.05, 4.69) is 31.2 Å². The number of aliphatic hydroxyl groups is 1. The van der Waals surface area contributed by atoms with E-state index in [1.807, 2.05) is 0 Å². The van der Waals surface area contributed by atoms with Crippen LogP contribution in [0.15, 0.2) is 24.3 Å². The van der Waals surface area contributed by atoms with Gasteiger partial charge in [0.15, 0.2) is 0 Å². The Morgan fingerprint density at radius 2 is 2.17 bits per heavy atom. The highest BCUT2D eigenvalue weighted by Gasteiger charge is 2.27. The third-order valence-electron chi connectivity index (χ3n) is 2.97. The lowest BCUT2D eigenvalue weighted by Crippen LogP contribution is -2.08. The molecule has 0 radical (unpaired) electrons. The maximum absolute atomic E-state index is 9.11. The maximum atomic E-state index is 9.11. The Labute approximate surface area is 73.0 Å². The first-order chi connectivity index (χ1) is 5.83. The Bertz CT molecular complexity index is 280. The largest absolute Gasteiger partial charge is 0.396 e. The van der Waals surface area contributed by atoms with E-state index in [4.69, 9.17) is 5.11 Å². The summed E-state index contributed by atoms with van der Waals surface area (Å²) in [7, 11) is 0. The zero-order chi connectivity index (χ0) is 8.55. The van der Waals surface area contributed by atoms with Crippen molar-refractivity contribution in [2.45, 2.75) is 19.3 Å². The van der Waals surface area contributed by atoms with E-state index in [0.29, 0.717) is 18.4 Å². The molecule has 1 N–H and O–H groups in total. The van der Waals surface area contributed by atoms with Crippen molar-refractivity contribution < 1.29 is 5.11 Å². The van der Waals surface area contributed by atoms with E-state index in [1.165, 1.54) is 11.1 Å². The molecule has 0 heterocycles. The van der Waals surface area contributed by atoms with E-state index < -0.39 is 0 Å². The van der Waals surface area contributed by atoms with Crippen LogP contribution in [-0.4, -0.2) is 11.7 Å². The predicted molar refractivity (Wildman–Crippen MR) is 49.1 cm³/mol. The van der Waals surface area contributed by atoms with E-state index in [0.717, 1.165) is 6.42 Å². The van der Waals surface area contributed by atoms with Gasteiger partial charge in [0.2, 0.25) is 0 Å². The molecule has 1 aliphatic rings. The lowest BCUT2D eigenvalue weighted by molar-refractivity contribution is 0.217. The van der Waals surface area contributed by atoms with Gasteiger partial charge >= 0.3 is 0 Å². The third-order valence-corrected chi connectivity index (χ3v) is 2.97. The third kappa shape index (κ3) is 1.05. The van der Waals surface area contributed by atoms with Gasteiger partial charge in [0, 0.05) is 6.61 Å². The van der Waals surface area contributed by atoms with Crippen LogP contribution in [0.5, 0.6) is 0 Å². The standard InChI is InChI=1S/C11H14O/c1-8-10(7-12)6-9-4-2-3-5-11(8)9/h2-5,8,10,12H,6-7H2,1H3/t8-,10-/m0/s1. The molecule has 1 heteroatoms. The molecular formula is C11H14O. The summed E-state index contributed by atoms with van der Waals surface area (Å²) in [5.41, 5.74) is 2.85. The zero-order valence-electron chi connectivity index (χ0n) is 7.33. The van der Waals surface area contributed by atoms with Crippen LogP contribution in [0.1, 0.15) is 24.0 Å². The van der Waals surface area contributed by atoms with E-state index >= 15 is 0 Å². The quantitative estimate of drug-likeness (QED) is 0.669. The van der Waals surface area contributed by atoms with Crippen LogP contribution in [-0.2, 0) is 6.42 Å². The van der Waals surface area contributed by atoms with Crippen molar-refractivity contribution in [3.8, 4) is 0 Å². The number of hydrogen-bond donors (Lipinski definition) is 1. The molecule has 0 saturated carbocycles. The number of hydrogen-bond acceptors (Lipinski definition) is 1. The molecule has 0 amide bonds. The van der Waals surface area contributed by atoms with Gasteiger partial charge in [-0.2, -0.15) is 0 Å². The summed E-state index contributed by atoms with van der Waals surface area (Å²) in [5.74, 6) is 0.980. The first-order valence-electron chi connectivity index (χ1n) is 4.51. The van der Waals surface area contributed by atoms with Gasteiger partial charge in [-0.05, 0) is 29.4 Å². The number of fused-ring (bicyclic) bond motifs is 1. The number of rotatable bonds is 1. The van der Waals surface area contributed by atoms with Gasteiger partial charge in [0.1, 0.15) is 0 Å².